The van der Waals surface area contributed by atoms with Crippen LogP contribution in [-0.4, -0.2) is 25.3 Å². The molecule has 29 heavy (non-hydrogen) atoms. The van der Waals surface area contributed by atoms with E-state index >= 15 is 0 Å². The number of anilines is 1. The molecule has 0 radical (unpaired) electrons. The summed E-state index contributed by atoms with van der Waals surface area (Å²) in [7, 11) is -4.27. The van der Waals surface area contributed by atoms with Crippen molar-refractivity contribution in [1.82, 2.24) is 4.98 Å². The number of carboxylic acids is 2. The van der Waals surface area contributed by atoms with Crippen LogP contribution in [0.3, 0.4) is 0 Å². The number of fused-ring (bicyclic) bond motifs is 1. The van der Waals surface area contributed by atoms with E-state index in [0.29, 0.717) is 10.2 Å². The quantitative estimate of drug-likeness (QED) is 0.285. The summed E-state index contributed by atoms with van der Waals surface area (Å²) in [6.07, 6.45) is 0. The standard InChI is InChI=1S/C16H12N2O7S2.2Na/c1-8-17-13-3-2-12(7-14(13)26-8)27(23,24)25-18-11-5-9(15(19)20)4-10(6-11)16(21)22;;/h2-7,18H,1H3,(H,19,20)(H,21,22);;/q;2*+1/p-2. The zero-order valence-electron chi connectivity index (χ0n) is 15.6. The van der Waals surface area contributed by atoms with E-state index in [0.717, 1.165) is 23.2 Å². The molecule has 0 bridgehead atoms. The van der Waals surface area contributed by atoms with Gasteiger partial charge in [-0.2, -0.15) is 8.42 Å². The average Bonchev–Trinajstić information content (AvgIpc) is 2.98. The smallest absolute Gasteiger partial charge is 0.545 e. The molecule has 0 saturated heterocycles. The molecule has 0 fully saturated rings. The summed E-state index contributed by atoms with van der Waals surface area (Å²) >= 11 is 1.31. The number of aryl methyl sites for hydroxylation is 1. The van der Waals surface area contributed by atoms with Gasteiger partial charge in [0, 0.05) is 0 Å². The molecule has 0 unspecified atom stereocenters. The van der Waals surface area contributed by atoms with Gasteiger partial charge in [0.25, 0.3) is 0 Å². The normalized spacial score (nSPS) is 10.7. The second-order valence-electron chi connectivity index (χ2n) is 5.38. The predicted octanol–water partition coefficient (Wildman–Crippen LogP) is -5.93. The topological polar surface area (TPSA) is 149 Å². The number of carboxylic acid groups (broad SMARTS) is 2. The van der Waals surface area contributed by atoms with Gasteiger partial charge < -0.3 is 19.8 Å². The molecule has 3 rings (SSSR count). The summed E-state index contributed by atoms with van der Waals surface area (Å²) in [6, 6.07) is 6.98. The Kier molecular flexibility index (Phi) is 9.27. The average molecular weight is 452 g/mol. The number of rotatable bonds is 6. The molecular weight excluding hydrogens is 442 g/mol. The minimum atomic E-state index is -4.27. The first-order valence-electron chi connectivity index (χ1n) is 7.30. The van der Waals surface area contributed by atoms with Crippen LogP contribution < -0.4 is 74.8 Å². The van der Waals surface area contributed by atoms with E-state index in [-0.39, 0.29) is 69.7 Å². The molecule has 0 amide bonds. The summed E-state index contributed by atoms with van der Waals surface area (Å²) in [5.41, 5.74) is 1.51. The van der Waals surface area contributed by atoms with Crippen LogP contribution >= 0.6 is 11.3 Å². The van der Waals surface area contributed by atoms with Gasteiger partial charge in [0.05, 0.1) is 37.7 Å². The minimum Gasteiger partial charge on any atom is -0.545 e. The van der Waals surface area contributed by atoms with Gasteiger partial charge >= 0.3 is 69.2 Å². The minimum absolute atomic E-state index is 0. The number of thiazole rings is 1. The third-order valence-electron chi connectivity index (χ3n) is 3.43. The first-order valence-corrected chi connectivity index (χ1v) is 9.53. The van der Waals surface area contributed by atoms with Crippen LogP contribution in [-0.2, 0) is 14.4 Å². The third kappa shape index (κ3) is 6.23. The molecule has 0 spiro atoms. The molecule has 13 heteroatoms. The Morgan fingerprint density at radius 3 is 2.17 bits per heavy atom. The monoisotopic (exact) mass is 452 g/mol. The van der Waals surface area contributed by atoms with Crippen molar-refractivity contribution in [2.24, 2.45) is 0 Å². The third-order valence-corrected chi connectivity index (χ3v) is 5.50. The van der Waals surface area contributed by atoms with Crippen LogP contribution in [0.5, 0.6) is 0 Å². The molecule has 3 aromatic rings. The number of nitrogens with one attached hydrogen (secondary N) is 1. The molecule has 140 valence electrons. The number of carbonyl (C=O) groups excluding carboxylic acids is 2. The van der Waals surface area contributed by atoms with Crippen molar-refractivity contribution in [3.63, 3.8) is 0 Å². The van der Waals surface area contributed by atoms with E-state index in [2.05, 4.69) is 4.98 Å². The summed E-state index contributed by atoms with van der Waals surface area (Å²) < 4.78 is 30.0. The molecule has 0 aliphatic heterocycles. The van der Waals surface area contributed by atoms with E-state index in [1.807, 2.05) is 5.48 Å². The Labute approximate surface area is 213 Å². The van der Waals surface area contributed by atoms with E-state index in [4.69, 9.17) is 4.28 Å². The number of hydrogen-bond donors (Lipinski definition) is 1. The van der Waals surface area contributed by atoms with Crippen molar-refractivity contribution in [2.45, 2.75) is 11.8 Å². The molecule has 0 aliphatic carbocycles. The summed E-state index contributed by atoms with van der Waals surface area (Å²) in [5.74, 6) is -3.29. The largest absolute Gasteiger partial charge is 1.00 e. The second kappa shape index (κ2) is 10.3. The molecule has 1 aromatic heterocycles. The first kappa shape index (κ1) is 26.0. The van der Waals surface area contributed by atoms with Gasteiger partial charge in [-0.05, 0) is 54.4 Å². The van der Waals surface area contributed by atoms with Gasteiger partial charge in [-0.1, -0.05) is 0 Å². The van der Waals surface area contributed by atoms with Crippen LogP contribution in [0.1, 0.15) is 25.7 Å². The molecule has 1 N–H and O–H groups in total. The Morgan fingerprint density at radius 2 is 1.62 bits per heavy atom. The molecule has 9 nitrogen and oxygen atoms in total. The van der Waals surface area contributed by atoms with Crippen molar-refractivity contribution in [3.05, 3.63) is 52.5 Å². The Hall–Kier alpha value is -1.02. The number of carbonyl (C=O) groups is 2. The number of aromatic carboxylic acids is 2. The maximum absolute atomic E-state index is 12.3. The summed E-state index contributed by atoms with van der Waals surface area (Å²) in [5, 5.41) is 22.7. The Morgan fingerprint density at radius 1 is 1.03 bits per heavy atom. The van der Waals surface area contributed by atoms with Gasteiger partial charge in [-0.15, -0.1) is 15.6 Å². The first-order chi connectivity index (χ1) is 12.7. The number of nitrogens with zero attached hydrogens (tertiary/aromatic N) is 1. The number of benzene rings is 2. The van der Waals surface area contributed by atoms with Gasteiger partial charge in [-0.3, -0.25) is 0 Å². The van der Waals surface area contributed by atoms with Gasteiger partial charge in [0.2, 0.25) is 0 Å². The molecule has 0 saturated carbocycles. The molecule has 0 aliphatic rings. The van der Waals surface area contributed by atoms with E-state index in [1.165, 1.54) is 29.5 Å². The van der Waals surface area contributed by atoms with Crippen molar-refractivity contribution in [1.29, 1.82) is 0 Å². The van der Waals surface area contributed by atoms with Crippen molar-refractivity contribution < 1.29 is 91.6 Å². The number of hydrogen-bond acceptors (Lipinski definition) is 10. The summed E-state index contributed by atoms with van der Waals surface area (Å²) in [4.78, 5) is 26.0. The maximum atomic E-state index is 12.3. The van der Waals surface area contributed by atoms with Crippen LogP contribution in [0.2, 0.25) is 0 Å². The molecular formula is C16H10N2Na2O7S2. The molecule has 1 heterocycles. The fourth-order valence-electron chi connectivity index (χ4n) is 2.25. The van der Waals surface area contributed by atoms with Crippen LogP contribution in [0, 0.1) is 6.92 Å². The number of aromatic nitrogens is 1. The van der Waals surface area contributed by atoms with Crippen molar-refractivity contribution in [2.75, 3.05) is 5.48 Å². The SMILES string of the molecule is Cc1nc2ccc(S(=O)(=O)ONc3cc(C(=O)[O-])cc(C(=O)[O-])c3)cc2s1.[Na+].[Na+]. The van der Waals surface area contributed by atoms with Gasteiger partial charge in [0.1, 0.15) is 0 Å². The van der Waals surface area contributed by atoms with Crippen LogP contribution in [0.25, 0.3) is 10.2 Å². The molecule has 0 atom stereocenters. The predicted molar refractivity (Wildman–Crippen MR) is 91.4 cm³/mol. The van der Waals surface area contributed by atoms with E-state index in [1.54, 1.807) is 6.92 Å². The van der Waals surface area contributed by atoms with Crippen LogP contribution in [0.4, 0.5) is 5.69 Å². The summed E-state index contributed by atoms with van der Waals surface area (Å²) in [6.45, 7) is 1.79. The fourth-order valence-corrected chi connectivity index (χ4v) is 3.99. The van der Waals surface area contributed by atoms with E-state index < -0.39 is 33.2 Å². The second-order valence-corrected chi connectivity index (χ2v) is 8.16. The Balaban J connectivity index is 0.00000210. The maximum Gasteiger partial charge on any atom is 1.00 e. The zero-order chi connectivity index (χ0) is 19.8. The zero-order valence-corrected chi connectivity index (χ0v) is 21.2. The van der Waals surface area contributed by atoms with Crippen molar-refractivity contribution in [3.8, 4) is 0 Å². The Bertz CT molecular complexity index is 1150. The fraction of sp³-hybridized carbons (Fsp3) is 0.0625. The van der Waals surface area contributed by atoms with Gasteiger partial charge in [-0.25, -0.2) is 10.5 Å². The molecule has 2 aromatic carbocycles. The van der Waals surface area contributed by atoms with Crippen molar-refractivity contribution >= 4 is 49.3 Å². The van der Waals surface area contributed by atoms with Crippen LogP contribution in [0.15, 0.2) is 41.3 Å². The van der Waals surface area contributed by atoms with E-state index in [9.17, 15) is 28.2 Å². The van der Waals surface area contributed by atoms with Gasteiger partial charge in [0.15, 0.2) is 0 Å².